The van der Waals surface area contributed by atoms with Crippen molar-refractivity contribution in [1.82, 2.24) is 5.32 Å². The topological polar surface area (TPSA) is 41.1 Å². The summed E-state index contributed by atoms with van der Waals surface area (Å²) < 4.78 is 26.9. The fourth-order valence-electron chi connectivity index (χ4n) is 3.02. The highest BCUT2D eigenvalue weighted by Crippen LogP contribution is 2.58. The SMILES string of the molecule is O=C(Nc1c(F)cccc1F)C1CC12CCNCC2. The second-order valence-corrected chi connectivity index (χ2v) is 5.45. The number of anilines is 1. The highest BCUT2D eigenvalue weighted by molar-refractivity contribution is 5.95. The molecule has 1 aliphatic heterocycles. The third-order valence-electron chi connectivity index (χ3n) is 4.32. The van der Waals surface area contributed by atoms with Crippen molar-refractivity contribution in [3.63, 3.8) is 0 Å². The van der Waals surface area contributed by atoms with E-state index in [2.05, 4.69) is 10.6 Å². The third kappa shape index (κ3) is 2.23. The lowest BCUT2D eigenvalue weighted by Gasteiger charge is -2.23. The number of carbonyl (C=O) groups is 1. The summed E-state index contributed by atoms with van der Waals surface area (Å²) in [4.78, 5) is 12.1. The van der Waals surface area contributed by atoms with Crippen LogP contribution in [-0.4, -0.2) is 19.0 Å². The van der Waals surface area contributed by atoms with E-state index in [0.717, 1.165) is 44.5 Å². The van der Waals surface area contributed by atoms with Crippen LogP contribution in [0.25, 0.3) is 0 Å². The molecule has 0 bridgehead atoms. The average Bonchev–Trinajstić information content (AvgIpc) is 3.08. The van der Waals surface area contributed by atoms with E-state index in [0.29, 0.717) is 0 Å². The summed E-state index contributed by atoms with van der Waals surface area (Å²) in [7, 11) is 0. The molecular weight excluding hydrogens is 250 g/mol. The number of rotatable bonds is 2. The fraction of sp³-hybridized carbons (Fsp3) is 0.500. The molecule has 3 rings (SSSR count). The molecule has 1 atom stereocenters. The van der Waals surface area contributed by atoms with E-state index >= 15 is 0 Å². The van der Waals surface area contributed by atoms with Crippen molar-refractivity contribution in [3.8, 4) is 0 Å². The molecule has 2 aliphatic rings. The summed E-state index contributed by atoms with van der Waals surface area (Å²) in [6.07, 6.45) is 2.76. The van der Waals surface area contributed by atoms with Gasteiger partial charge in [0.05, 0.1) is 0 Å². The minimum absolute atomic E-state index is 0.0665. The fourth-order valence-corrected chi connectivity index (χ4v) is 3.02. The van der Waals surface area contributed by atoms with Gasteiger partial charge < -0.3 is 10.6 Å². The Morgan fingerprint density at radius 2 is 1.89 bits per heavy atom. The molecule has 0 radical (unpaired) electrons. The van der Waals surface area contributed by atoms with E-state index in [-0.39, 0.29) is 22.9 Å². The van der Waals surface area contributed by atoms with E-state index in [9.17, 15) is 13.6 Å². The van der Waals surface area contributed by atoms with Gasteiger partial charge >= 0.3 is 0 Å². The van der Waals surface area contributed by atoms with E-state index < -0.39 is 11.6 Å². The Kier molecular flexibility index (Phi) is 3.01. The van der Waals surface area contributed by atoms with Gasteiger partial charge in [0.1, 0.15) is 17.3 Å². The van der Waals surface area contributed by atoms with Crippen molar-refractivity contribution < 1.29 is 13.6 Å². The van der Waals surface area contributed by atoms with Gasteiger partial charge in [-0.1, -0.05) is 6.07 Å². The standard InChI is InChI=1S/C14H16F2N2O/c15-10-2-1-3-11(16)12(10)18-13(19)9-8-14(9)4-6-17-7-5-14/h1-3,9,17H,4-8H2,(H,18,19). The van der Waals surface area contributed by atoms with Crippen molar-refractivity contribution in [2.24, 2.45) is 11.3 Å². The van der Waals surface area contributed by atoms with Gasteiger partial charge in [-0.3, -0.25) is 4.79 Å². The van der Waals surface area contributed by atoms with Crippen LogP contribution in [0.4, 0.5) is 14.5 Å². The molecule has 0 aromatic heterocycles. The molecule has 3 nitrogen and oxygen atoms in total. The van der Waals surface area contributed by atoms with E-state index in [1.54, 1.807) is 0 Å². The van der Waals surface area contributed by atoms with Crippen LogP contribution in [0.15, 0.2) is 18.2 Å². The Labute approximate surface area is 110 Å². The lowest BCUT2D eigenvalue weighted by Crippen LogP contribution is -2.31. The van der Waals surface area contributed by atoms with Crippen LogP contribution in [-0.2, 0) is 4.79 Å². The van der Waals surface area contributed by atoms with E-state index in [1.165, 1.54) is 6.07 Å². The van der Waals surface area contributed by atoms with Gasteiger partial charge in [0.2, 0.25) is 5.91 Å². The summed E-state index contributed by atoms with van der Waals surface area (Å²) in [6, 6.07) is 3.57. The molecule has 2 N–H and O–H groups in total. The molecule has 1 aromatic rings. The first-order valence-corrected chi connectivity index (χ1v) is 6.58. The third-order valence-corrected chi connectivity index (χ3v) is 4.32. The molecule has 1 heterocycles. The number of amides is 1. The number of carbonyl (C=O) groups excluding carboxylic acids is 1. The minimum atomic E-state index is -0.728. The maximum absolute atomic E-state index is 13.5. The van der Waals surface area contributed by atoms with E-state index in [1.807, 2.05) is 0 Å². The Morgan fingerprint density at radius 3 is 2.53 bits per heavy atom. The van der Waals surface area contributed by atoms with Gasteiger partial charge in [0.15, 0.2) is 0 Å². The summed E-state index contributed by atoms with van der Waals surface area (Å²) in [6.45, 7) is 1.83. The molecule has 1 unspecified atom stereocenters. The summed E-state index contributed by atoms with van der Waals surface area (Å²) in [5.41, 5.74) is -0.264. The highest BCUT2D eigenvalue weighted by Gasteiger charge is 2.57. The summed E-state index contributed by atoms with van der Waals surface area (Å²) >= 11 is 0. The Bertz CT molecular complexity index is 492. The van der Waals surface area contributed by atoms with Gasteiger partial charge in [-0.25, -0.2) is 8.78 Å². The largest absolute Gasteiger partial charge is 0.321 e. The predicted octanol–water partition coefficient (Wildman–Crippen LogP) is 2.29. The quantitative estimate of drug-likeness (QED) is 0.862. The molecule has 1 aliphatic carbocycles. The molecule has 19 heavy (non-hydrogen) atoms. The monoisotopic (exact) mass is 266 g/mol. The molecule has 1 aromatic carbocycles. The molecule has 1 saturated carbocycles. The molecule has 1 saturated heterocycles. The highest BCUT2D eigenvalue weighted by atomic mass is 19.1. The van der Waals surface area contributed by atoms with Crippen LogP contribution in [0.3, 0.4) is 0 Å². The van der Waals surface area contributed by atoms with Crippen LogP contribution in [0.1, 0.15) is 19.3 Å². The smallest absolute Gasteiger partial charge is 0.228 e. The van der Waals surface area contributed by atoms with Crippen molar-refractivity contribution in [3.05, 3.63) is 29.8 Å². The molecule has 2 fully saturated rings. The molecule has 1 spiro atoms. The van der Waals surface area contributed by atoms with Gasteiger partial charge in [-0.05, 0) is 49.9 Å². The van der Waals surface area contributed by atoms with E-state index in [4.69, 9.17) is 0 Å². The molecule has 5 heteroatoms. The summed E-state index contributed by atoms with van der Waals surface area (Å²) in [5.74, 6) is -1.82. The van der Waals surface area contributed by atoms with Crippen molar-refractivity contribution in [2.45, 2.75) is 19.3 Å². The average molecular weight is 266 g/mol. The van der Waals surface area contributed by atoms with Crippen molar-refractivity contribution in [2.75, 3.05) is 18.4 Å². The van der Waals surface area contributed by atoms with Crippen molar-refractivity contribution in [1.29, 1.82) is 0 Å². The van der Waals surface area contributed by atoms with Gasteiger partial charge in [-0.15, -0.1) is 0 Å². The Balaban J connectivity index is 1.70. The number of para-hydroxylation sites is 1. The lowest BCUT2D eigenvalue weighted by atomic mass is 9.92. The van der Waals surface area contributed by atoms with Crippen LogP contribution in [0, 0.1) is 23.0 Å². The zero-order valence-electron chi connectivity index (χ0n) is 10.5. The number of hydrogen-bond acceptors (Lipinski definition) is 2. The lowest BCUT2D eigenvalue weighted by molar-refractivity contribution is -0.118. The second-order valence-electron chi connectivity index (χ2n) is 5.45. The molecule has 1 amide bonds. The number of nitrogens with one attached hydrogen (secondary N) is 2. The van der Waals surface area contributed by atoms with Crippen LogP contribution in [0.5, 0.6) is 0 Å². The maximum Gasteiger partial charge on any atom is 0.228 e. The number of halogens is 2. The number of hydrogen-bond donors (Lipinski definition) is 2. The first-order valence-electron chi connectivity index (χ1n) is 6.58. The molecule has 102 valence electrons. The van der Waals surface area contributed by atoms with Gasteiger partial charge in [0.25, 0.3) is 0 Å². The van der Waals surface area contributed by atoms with Gasteiger partial charge in [0, 0.05) is 5.92 Å². The Hall–Kier alpha value is -1.49. The Morgan fingerprint density at radius 1 is 1.26 bits per heavy atom. The first kappa shape index (κ1) is 12.5. The molecular formula is C14H16F2N2O. The zero-order valence-corrected chi connectivity index (χ0v) is 10.5. The minimum Gasteiger partial charge on any atom is -0.321 e. The van der Waals surface area contributed by atoms with Crippen LogP contribution >= 0.6 is 0 Å². The number of benzene rings is 1. The summed E-state index contributed by atoms with van der Waals surface area (Å²) in [5, 5.41) is 5.66. The van der Waals surface area contributed by atoms with Crippen LogP contribution in [0.2, 0.25) is 0 Å². The maximum atomic E-state index is 13.5. The first-order chi connectivity index (χ1) is 9.12. The normalized spacial score (nSPS) is 24.2. The van der Waals surface area contributed by atoms with Crippen LogP contribution < -0.4 is 10.6 Å². The number of piperidine rings is 1. The second kappa shape index (κ2) is 4.56. The predicted molar refractivity (Wildman–Crippen MR) is 67.6 cm³/mol. The van der Waals surface area contributed by atoms with Crippen molar-refractivity contribution >= 4 is 11.6 Å². The zero-order chi connectivity index (χ0) is 13.5. The van der Waals surface area contributed by atoms with Gasteiger partial charge in [-0.2, -0.15) is 0 Å².